The molecule has 2 saturated heterocycles. The second-order valence-corrected chi connectivity index (χ2v) is 8.37. The third-order valence-electron chi connectivity index (χ3n) is 5.76. The summed E-state index contributed by atoms with van der Waals surface area (Å²) in [7, 11) is 0. The van der Waals surface area contributed by atoms with E-state index in [9.17, 15) is 4.79 Å². The summed E-state index contributed by atoms with van der Waals surface area (Å²) in [4.78, 5) is 19.7. The van der Waals surface area contributed by atoms with Gasteiger partial charge in [-0.3, -0.25) is 9.69 Å². The van der Waals surface area contributed by atoms with Gasteiger partial charge in [0.2, 0.25) is 5.91 Å². The minimum Gasteiger partial charge on any atom is -0.337 e. The lowest BCUT2D eigenvalue weighted by atomic mass is 9.94. The predicted molar refractivity (Wildman–Crippen MR) is 96.5 cm³/mol. The fraction of sp³-hybridized carbons (Fsp3) is 0.947. The summed E-state index contributed by atoms with van der Waals surface area (Å²) in [6, 6.07) is 1.51. The normalized spacial score (nSPS) is 28.8. The minimum absolute atomic E-state index is 0.108. The molecular formula is C19H37N3O. The highest BCUT2D eigenvalue weighted by molar-refractivity contribution is 5.78. The molecular weight excluding hydrogens is 286 g/mol. The number of hydrogen-bond acceptors (Lipinski definition) is 3. The van der Waals surface area contributed by atoms with Gasteiger partial charge >= 0.3 is 0 Å². The van der Waals surface area contributed by atoms with Crippen LogP contribution in [0.15, 0.2) is 0 Å². The zero-order valence-electron chi connectivity index (χ0n) is 16.1. The number of likely N-dealkylation sites (tertiary alicyclic amines) is 1. The van der Waals surface area contributed by atoms with E-state index >= 15 is 0 Å². The first-order valence-electron chi connectivity index (χ1n) is 9.58. The van der Waals surface area contributed by atoms with E-state index in [1.807, 2.05) is 13.8 Å². The first-order chi connectivity index (χ1) is 10.8. The van der Waals surface area contributed by atoms with E-state index in [1.54, 1.807) is 0 Å². The van der Waals surface area contributed by atoms with Crippen LogP contribution in [-0.4, -0.2) is 71.5 Å². The van der Waals surface area contributed by atoms with E-state index < -0.39 is 0 Å². The molecule has 0 saturated carbocycles. The first-order valence-corrected chi connectivity index (χ1v) is 9.58. The fourth-order valence-electron chi connectivity index (χ4n) is 4.07. The van der Waals surface area contributed by atoms with Crippen LogP contribution in [0, 0.1) is 11.8 Å². The summed E-state index contributed by atoms with van der Waals surface area (Å²) >= 11 is 0. The third kappa shape index (κ3) is 4.69. The van der Waals surface area contributed by atoms with Gasteiger partial charge in [-0.25, -0.2) is 0 Å². The lowest BCUT2D eigenvalue weighted by molar-refractivity contribution is -0.140. The number of rotatable bonds is 4. The smallest absolute Gasteiger partial charge is 0.225 e. The molecule has 2 rings (SSSR count). The summed E-state index contributed by atoms with van der Waals surface area (Å²) in [6.07, 6.45) is 2.65. The summed E-state index contributed by atoms with van der Waals surface area (Å²) in [5, 5.41) is 0. The van der Waals surface area contributed by atoms with Crippen LogP contribution >= 0.6 is 0 Å². The molecule has 2 fully saturated rings. The highest BCUT2D eigenvalue weighted by Crippen LogP contribution is 2.24. The summed E-state index contributed by atoms with van der Waals surface area (Å²) in [5.41, 5.74) is 0. The molecule has 0 aromatic heterocycles. The highest BCUT2D eigenvalue weighted by atomic mass is 16.2. The van der Waals surface area contributed by atoms with Crippen LogP contribution in [0.3, 0.4) is 0 Å². The Balaban J connectivity index is 1.85. The Bertz CT molecular complexity index is 388. The van der Waals surface area contributed by atoms with Crippen LogP contribution < -0.4 is 0 Å². The Kier molecular flexibility index (Phi) is 6.49. The molecule has 0 aromatic carbocycles. The van der Waals surface area contributed by atoms with Crippen molar-refractivity contribution in [3.63, 3.8) is 0 Å². The molecule has 4 nitrogen and oxygen atoms in total. The van der Waals surface area contributed by atoms with E-state index in [2.05, 4.69) is 42.4 Å². The fourth-order valence-corrected chi connectivity index (χ4v) is 4.07. The molecule has 134 valence electrons. The highest BCUT2D eigenvalue weighted by Gasteiger charge is 2.34. The van der Waals surface area contributed by atoms with Crippen molar-refractivity contribution in [3.05, 3.63) is 0 Å². The molecule has 0 radical (unpaired) electrons. The molecule has 4 heteroatoms. The number of carbonyl (C=O) groups excluding carboxylic acids is 1. The number of nitrogens with zero attached hydrogens (tertiary/aromatic N) is 3. The van der Waals surface area contributed by atoms with Crippen LogP contribution in [0.5, 0.6) is 0 Å². The average molecular weight is 324 g/mol. The van der Waals surface area contributed by atoms with Crippen molar-refractivity contribution in [2.75, 3.05) is 32.7 Å². The van der Waals surface area contributed by atoms with Crippen LogP contribution in [0.4, 0.5) is 0 Å². The minimum atomic E-state index is 0.108. The van der Waals surface area contributed by atoms with Crippen molar-refractivity contribution >= 4 is 5.91 Å². The molecule has 0 aliphatic carbocycles. The van der Waals surface area contributed by atoms with E-state index in [1.165, 1.54) is 32.5 Å². The van der Waals surface area contributed by atoms with Gasteiger partial charge in [0, 0.05) is 43.7 Å². The second-order valence-electron chi connectivity index (χ2n) is 8.37. The van der Waals surface area contributed by atoms with Crippen LogP contribution in [0.1, 0.15) is 54.4 Å². The quantitative estimate of drug-likeness (QED) is 0.796. The molecule has 2 aliphatic heterocycles. The Morgan fingerprint density at radius 1 is 1.00 bits per heavy atom. The van der Waals surface area contributed by atoms with Gasteiger partial charge in [-0.1, -0.05) is 13.8 Å². The van der Waals surface area contributed by atoms with Crippen LogP contribution in [0.25, 0.3) is 0 Å². The van der Waals surface area contributed by atoms with Gasteiger partial charge in [0.1, 0.15) is 0 Å². The zero-order chi connectivity index (χ0) is 17.1. The summed E-state index contributed by atoms with van der Waals surface area (Å²) < 4.78 is 0. The molecule has 0 N–H and O–H groups in total. The van der Waals surface area contributed by atoms with Crippen LogP contribution in [0.2, 0.25) is 0 Å². The predicted octanol–water partition coefficient (Wildman–Crippen LogP) is 2.68. The van der Waals surface area contributed by atoms with E-state index in [0.717, 1.165) is 19.0 Å². The molecule has 1 amide bonds. The molecule has 2 atom stereocenters. The monoisotopic (exact) mass is 323 g/mol. The topological polar surface area (TPSA) is 26.8 Å². The Labute approximate surface area is 143 Å². The van der Waals surface area contributed by atoms with E-state index in [4.69, 9.17) is 0 Å². The van der Waals surface area contributed by atoms with Crippen molar-refractivity contribution in [2.24, 2.45) is 11.8 Å². The molecule has 0 bridgehead atoms. The van der Waals surface area contributed by atoms with E-state index in [-0.39, 0.29) is 5.92 Å². The number of carbonyl (C=O) groups is 1. The molecule has 23 heavy (non-hydrogen) atoms. The largest absolute Gasteiger partial charge is 0.337 e. The van der Waals surface area contributed by atoms with Crippen molar-refractivity contribution in [1.29, 1.82) is 0 Å². The lowest BCUT2D eigenvalue weighted by Gasteiger charge is -2.46. The molecule has 2 heterocycles. The van der Waals surface area contributed by atoms with Gasteiger partial charge in [-0.05, 0) is 59.5 Å². The Morgan fingerprint density at radius 2 is 1.61 bits per heavy atom. The van der Waals surface area contributed by atoms with Crippen molar-refractivity contribution in [2.45, 2.75) is 72.5 Å². The summed E-state index contributed by atoms with van der Waals surface area (Å²) in [6.45, 7) is 18.7. The van der Waals surface area contributed by atoms with Gasteiger partial charge in [-0.15, -0.1) is 0 Å². The Morgan fingerprint density at radius 3 is 2.13 bits per heavy atom. The van der Waals surface area contributed by atoms with Crippen molar-refractivity contribution in [1.82, 2.24) is 14.7 Å². The average Bonchev–Trinajstić information content (AvgIpc) is 2.50. The molecule has 0 unspecified atom stereocenters. The second kappa shape index (κ2) is 7.98. The zero-order valence-corrected chi connectivity index (χ0v) is 16.1. The van der Waals surface area contributed by atoms with Crippen LogP contribution in [-0.2, 0) is 4.79 Å². The molecule has 2 aliphatic rings. The molecule has 0 spiro atoms. The van der Waals surface area contributed by atoms with Gasteiger partial charge in [0.25, 0.3) is 0 Å². The standard InChI is InChI=1S/C19H37N3O/c1-14(2)19(23)22-12-16(5)21(11-17(22)6)13-18-7-9-20(10-8-18)15(3)4/h14-18H,7-13H2,1-6H3/t16-,17+/m0/s1. The third-order valence-corrected chi connectivity index (χ3v) is 5.76. The van der Waals surface area contributed by atoms with Gasteiger partial charge in [0.15, 0.2) is 0 Å². The maximum absolute atomic E-state index is 12.4. The molecule has 0 aromatic rings. The van der Waals surface area contributed by atoms with Gasteiger partial charge < -0.3 is 9.80 Å². The number of hydrogen-bond donors (Lipinski definition) is 0. The number of amides is 1. The summed E-state index contributed by atoms with van der Waals surface area (Å²) in [5.74, 6) is 1.25. The van der Waals surface area contributed by atoms with Gasteiger partial charge in [-0.2, -0.15) is 0 Å². The first kappa shape index (κ1) is 18.7. The Hall–Kier alpha value is -0.610. The van der Waals surface area contributed by atoms with Crippen molar-refractivity contribution < 1.29 is 4.79 Å². The number of piperazine rings is 1. The maximum Gasteiger partial charge on any atom is 0.225 e. The van der Waals surface area contributed by atoms with Gasteiger partial charge in [0.05, 0.1) is 0 Å². The SMILES string of the molecule is CC(C)C(=O)N1C[C@H](C)N(CC2CCN(C(C)C)CC2)C[C@H]1C. The maximum atomic E-state index is 12.4. The lowest BCUT2D eigenvalue weighted by Crippen LogP contribution is -2.59. The van der Waals surface area contributed by atoms with E-state index in [0.29, 0.717) is 24.0 Å². The van der Waals surface area contributed by atoms with Crippen molar-refractivity contribution in [3.8, 4) is 0 Å². The number of piperidine rings is 1.